The normalized spacial score (nSPS) is 13.4. The molecule has 1 aromatic carbocycles. The van der Waals surface area contributed by atoms with E-state index in [1.54, 1.807) is 31.8 Å². The number of aromatic nitrogens is 3. The van der Waals surface area contributed by atoms with Gasteiger partial charge in [-0.05, 0) is 37.6 Å². The zero-order valence-corrected chi connectivity index (χ0v) is 19.1. The van der Waals surface area contributed by atoms with Gasteiger partial charge in [0.05, 0.1) is 30.3 Å². The number of hydrogen-bond acceptors (Lipinski definition) is 6. The van der Waals surface area contributed by atoms with Gasteiger partial charge in [0, 0.05) is 45.1 Å². The number of nitrogens with one attached hydrogen (secondary N) is 1. The number of imidazole rings is 1. The molecule has 3 rings (SSSR count). The van der Waals surface area contributed by atoms with E-state index >= 15 is 0 Å². The molecule has 0 unspecified atom stereocenters. The summed E-state index contributed by atoms with van der Waals surface area (Å²) in [6, 6.07) is 6.95. The Balaban J connectivity index is 2.05. The standard InChI is InChI=1S/C23H30N4O5/c1-14-8-17(11-26(3)22(14)28)21-25-18-9-16(10-24-19(13-32-5)23(29)30)6-7-20(18)27(21)15(2)12-31-4/h6-9,11,15,19,24H,10,12-13H2,1-5H3,(H,29,30)/t15-,19-/m0/s1. The van der Waals surface area contributed by atoms with E-state index in [-0.39, 0.29) is 18.2 Å². The molecule has 2 atom stereocenters. The fourth-order valence-corrected chi connectivity index (χ4v) is 3.85. The third kappa shape index (κ3) is 4.90. The smallest absolute Gasteiger partial charge is 0.323 e. The van der Waals surface area contributed by atoms with Crippen LogP contribution < -0.4 is 10.9 Å². The van der Waals surface area contributed by atoms with Gasteiger partial charge in [0.1, 0.15) is 11.9 Å². The summed E-state index contributed by atoms with van der Waals surface area (Å²) in [7, 11) is 4.86. The average molecular weight is 443 g/mol. The van der Waals surface area contributed by atoms with Crippen molar-refractivity contribution in [2.24, 2.45) is 7.05 Å². The number of carboxylic acid groups (broad SMARTS) is 1. The van der Waals surface area contributed by atoms with E-state index in [0.717, 1.165) is 28.0 Å². The summed E-state index contributed by atoms with van der Waals surface area (Å²) in [6.07, 6.45) is 1.79. The molecule has 172 valence electrons. The Labute approximate surface area is 186 Å². The van der Waals surface area contributed by atoms with Gasteiger partial charge < -0.3 is 23.7 Å². The quantitative estimate of drug-likeness (QED) is 0.495. The molecule has 0 bridgehead atoms. The first-order chi connectivity index (χ1) is 15.3. The van der Waals surface area contributed by atoms with Gasteiger partial charge >= 0.3 is 5.97 Å². The third-order valence-electron chi connectivity index (χ3n) is 5.41. The second-order valence-corrected chi connectivity index (χ2v) is 7.99. The van der Waals surface area contributed by atoms with E-state index in [1.165, 1.54) is 7.11 Å². The van der Waals surface area contributed by atoms with Crippen LogP contribution in [0.4, 0.5) is 0 Å². The van der Waals surface area contributed by atoms with Gasteiger partial charge in [0.2, 0.25) is 0 Å². The summed E-state index contributed by atoms with van der Waals surface area (Å²) in [6.45, 7) is 4.80. The second-order valence-electron chi connectivity index (χ2n) is 7.99. The Bertz CT molecular complexity index is 1140. The Hall–Kier alpha value is -3.01. The van der Waals surface area contributed by atoms with E-state index < -0.39 is 12.0 Å². The Morgan fingerprint density at radius 2 is 1.94 bits per heavy atom. The number of rotatable bonds is 10. The zero-order valence-electron chi connectivity index (χ0n) is 19.1. The van der Waals surface area contributed by atoms with Crippen molar-refractivity contribution in [2.75, 3.05) is 27.4 Å². The highest BCUT2D eigenvalue weighted by molar-refractivity contribution is 5.81. The van der Waals surface area contributed by atoms with Gasteiger partial charge in [-0.2, -0.15) is 0 Å². The molecule has 2 N–H and O–H groups in total. The summed E-state index contributed by atoms with van der Waals surface area (Å²) in [5.41, 5.74) is 4.07. The molecule has 0 fully saturated rings. The lowest BCUT2D eigenvalue weighted by Crippen LogP contribution is -2.39. The summed E-state index contributed by atoms with van der Waals surface area (Å²) in [5, 5.41) is 12.3. The molecule has 0 spiro atoms. The van der Waals surface area contributed by atoms with Crippen LogP contribution in [0.25, 0.3) is 22.4 Å². The lowest BCUT2D eigenvalue weighted by molar-refractivity contribution is -0.140. The maximum Gasteiger partial charge on any atom is 0.323 e. The highest BCUT2D eigenvalue weighted by atomic mass is 16.5. The molecule has 0 amide bonds. The first-order valence-electron chi connectivity index (χ1n) is 10.4. The number of ether oxygens (including phenoxy) is 2. The van der Waals surface area contributed by atoms with Crippen LogP contribution in [0.5, 0.6) is 0 Å². The van der Waals surface area contributed by atoms with E-state index in [9.17, 15) is 14.7 Å². The predicted octanol–water partition coefficient (Wildman–Crippen LogP) is 2.11. The van der Waals surface area contributed by atoms with E-state index in [1.807, 2.05) is 24.3 Å². The lowest BCUT2D eigenvalue weighted by atomic mass is 10.1. The van der Waals surface area contributed by atoms with Crippen LogP contribution in [0.3, 0.4) is 0 Å². The van der Waals surface area contributed by atoms with Gasteiger partial charge in [0.25, 0.3) is 5.56 Å². The molecule has 2 heterocycles. The predicted molar refractivity (Wildman–Crippen MR) is 122 cm³/mol. The maximum atomic E-state index is 12.2. The van der Waals surface area contributed by atoms with Gasteiger partial charge in [-0.15, -0.1) is 0 Å². The minimum atomic E-state index is -0.960. The van der Waals surface area contributed by atoms with Crippen LogP contribution in [0.15, 0.2) is 35.3 Å². The van der Waals surface area contributed by atoms with Gasteiger partial charge in [0.15, 0.2) is 0 Å². The summed E-state index contributed by atoms with van der Waals surface area (Å²) in [5.74, 6) is -0.214. The molecular weight excluding hydrogens is 412 g/mol. The lowest BCUT2D eigenvalue weighted by Gasteiger charge is -2.18. The molecule has 9 nitrogen and oxygen atoms in total. The van der Waals surface area contributed by atoms with Gasteiger partial charge in [-0.1, -0.05) is 6.07 Å². The number of pyridine rings is 1. The summed E-state index contributed by atoms with van der Waals surface area (Å²) in [4.78, 5) is 28.4. The highest BCUT2D eigenvalue weighted by Gasteiger charge is 2.20. The SMILES string of the molecule is COC[C@H](NCc1ccc2c(c1)nc(-c1cc(C)c(=O)n(C)c1)n2[C@@H](C)COC)C(=O)O. The van der Waals surface area contributed by atoms with Gasteiger partial charge in [-0.3, -0.25) is 14.9 Å². The molecule has 0 aliphatic carbocycles. The van der Waals surface area contributed by atoms with Crippen LogP contribution in [0.2, 0.25) is 0 Å². The Morgan fingerprint density at radius 3 is 2.56 bits per heavy atom. The number of benzene rings is 1. The fourth-order valence-electron chi connectivity index (χ4n) is 3.85. The van der Waals surface area contributed by atoms with Crippen LogP contribution in [0, 0.1) is 6.92 Å². The molecule has 0 saturated heterocycles. The number of hydrogen-bond donors (Lipinski definition) is 2. The van der Waals surface area contributed by atoms with Crippen molar-refractivity contribution in [3.8, 4) is 11.4 Å². The topological polar surface area (TPSA) is 108 Å². The number of aliphatic carboxylic acids is 1. The Kier molecular flexibility index (Phi) is 7.44. The minimum Gasteiger partial charge on any atom is -0.480 e. The number of carbonyl (C=O) groups is 1. The second kappa shape index (κ2) is 10.1. The number of nitrogens with zero attached hydrogens (tertiary/aromatic N) is 3. The van der Waals surface area contributed by atoms with Crippen LogP contribution >= 0.6 is 0 Å². The molecule has 0 saturated carbocycles. The minimum absolute atomic E-state index is 0.0135. The summed E-state index contributed by atoms with van der Waals surface area (Å²) < 4.78 is 14.0. The number of carboxylic acids is 1. The van der Waals surface area contributed by atoms with E-state index in [2.05, 4.69) is 16.8 Å². The first kappa shape index (κ1) is 23.6. The molecule has 9 heteroatoms. The van der Waals surface area contributed by atoms with Crippen LogP contribution in [0.1, 0.15) is 24.1 Å². The Morgan fingerprint density at radius 1 is 1.22 bits per heavy atom. The van der Waals surface area contributed by atoms with E-state index in [4.69, 9.17) is 14.5 Å². The van der Waals surface area contributed by atoms with Crippen molar-refractivity contribution in [1.82, 2.24) is 19.4 Å². The van der Waals surface area contributed by atoms with Crippen molar-refractivity contribution in [1.29, 1.82) is 0 Å². The molecular formula is C23H30N4O5. The molecule has 0 radical (unpaired) electrons. The highest BCUT2D eigenvalue weighted by Crippen LogP contribution is 2.29. The van der Waals surface area contributed by atoms with Crippen molar-refractivity contribution < 1.29 is 19.4 Å². The van der Waals surface area contributed by atoms with E-state index in [0.29, 0.717) is 18.7 Å². The van der Waals surface area contributed by atoms with Crippen molar-refractivity contribution in [2.45, 2.75) is 32.5 Å². The maximum absolute atomic E-state index is 12.2. The van der Waals surface area contributed by atoms with Crippen molar-refractivity contribution in [3.05, 3.63) is 51.9 Å². The third-order valence-corrected chi connectivity index (χ3v) is 5.41. The summed E-state index contributed by atoms with van der Waals surface area (Å²) >= 11 is 0. The molecule has 0 aliphatic heterocycles. The van der Waals surface area contributed by atoms with Crippen LogP contribution in [-0.4, -0.2) is 58.7 Å². The number of fused-ring (bicyclic) bond motifs is 1. The largest absolute Gasteiger partial charge is 0.480 e. The van der Waals surface area contributed by atoms with Crippen molar-refractivity contribution >= 4 is 17.0 Å². The number of aryl methyl sites for hydroxylation is 2. The number of methoxy groups -OCH3 is 2. The molecule has 0 aliphatic rings. The monoisotopic (exact) mass is 442 g/mol. The fraction of sp³-hybridized carbons (Fsp3) is 0.435. The van der Waals surface area contributed by atoms with Crippen molar-refractivity contribution in [3.63, 3.8) is 0 Å². The molecule has 32 heavy (non-hydrogen) atoms. The molecule has 3 aromatic rings. The molecule has 2 aromatic heterocycles. The van der Waals surface area contributed by atoms with Gasteiger partial charge in [-0.25, -0.2) is 4.98 Å². The van der Waals surface area contributed by atoms with Crippen LogP contribution in [-0.2, 0) is 27.9 Å². The average Bonchev–Trinajstić information content (AvgIpc) is 3.13. The zero-order chi connectivity index (χ0) is 23.4. The first-order valence-corrected chi connectivity index (χ1v) is 10.4.